The molecule has 0 aliphatic heterocycles. The van der Waals surface area contributed by atoms with Crippen molar-refractivity contribution < 1.29 is 14.0 Å². The third-order valence-electron chi connectivity index (χ3n) is 13.0. The molecule has 0 aromatic heterocycles. The second-order valence-electron chi connectivity index (χ2n) is 18.6. The van der Waals surface area contributed by atoms with E-state index in [4.69, 9.17) is 8.85 Å². The van der Waals surface area contributed by atoms with E-state index in [-0.39, 0.29) is 33.1 Å². The van der Waals surface area contributed by atoms with Crippen LogP contribution >= 0.6 is 11.8 Å². The summed E-state index contributed by atoms with van der Waals surface area (Å²) in [5.74, 6) is 3.26. The van der Waals surface area contributed by atoms with E-state index >= 15 is 0 Å². The maximum Gasteiger partial charge on any atom is 0.192 e. The molecule has 0 radical (unpaired) electrons. The van der Waals surface area contributed by atoms with Gasteiger partial charge in [0, 0.05) is 11.2 Å². The standard InChI is InChI=1S/C37H66O3SSi2/c1-33(2,3)42(11,12)39-28-23-26-15-17-29-30-18-16-27(25-41-22-21-35(7,8)38)36(30,9)20-19-31(29)37(26,10)32(24-28)40-43(13,14)34(4,5)6/h15-17,28,30-32,38H,18-25H2,1-14H3/t28-,30+,31+,32+,36-,37+/m1/s1. The lowest BCUT2D eigenvalue weighted by molar-refractivity contribution is -0.0385. The minimum Gasteiger partial charge on any atom is -0.414 e. The average Bonchev–Trinajstić information content (AvgIpc) is 3.16. The zero-order valence-electron chi connectivity index (χ0n) is 30.4. The molecule has 4 aliphatic carbocycles. The minimum absolute atomic E-state index is 0.0262. The molecule has 0 unspecified atom stereocenters. The largest absolute Gasteiger partial charge is 0.414 e. The normalized spacial score (nSPS) is 33.7. The van der Waals surface area contributed by atoms with Crippen LogP contribution in [0.25, 0.3) is 0 Å². The minimum atomic E-state index is -2.00. The molecular formula is C37H66O3SSi2. The highest BCUT2D eigenvalue weighted by Gasteiger charge is 2.59. The third-order valence-corrected chi connectivity index (χ3v) is 23.0. The van der Waals surface area contributed by atoms with Gasteiger partial charge in [-0.1, -0.05) is 90.3 Å². The topological polar surface area (TPSA) is 38.7 Å². The Morgan fingerprint density at radius 3 is 2.09 bits per heavy atom. The Morgan fingerprint density at radius 1 is 0.907 bits per heavy atom. The fraction of sp³-hybridized carbons (Fsp3) is 0.838. The van der Waals surface area contributed by atoms with Crippen molar-refractivity contribution in [2.75, 3.05) is 11.5 Å². The highest BCUT2D eigenvalue weighted by atomic mass is 32.2. The van der Waals surface area contributed by atoms with Crippen LogP contribution in [0.15, 0.2) is 34.9 Å². The van der Waals surface area contributed by atoms with Gasteiger partial charge in [0.15, 0.2) is 16.6 Å². The van der Waals surface area contributed by atoms with Crippen LogP contribution in [0.4, 0.5) is 0 Å². The molecule has 4 rings (SSSR count). The Bertz CT molecular complexity index is 1130. The monoisotopic (exact) mass is 646 g/mol. The summed E-state index contributed by atoms with van der Waals surface area (Å²) in [6, 6.07) is 0. The molecule has 6 heteroatoms. The lowest BCUT2D eigenvalue weighted by Gasteiger charge is -2.59. The number of thioether (sulfide) groups is 1. The molecule has 246 valence electrons. The van der Waals surface area contributed by atoms with Crippen molar-refractivity contribution in [1.82, 2.24) is 0 Å². The van der Waals surface area contributed by atoms with E-state index in [1.807, 2.05) is 25.6 Å². The van der Waals surface area contributed by atoms with Gasteiger partial charge in [0.25, 0.3) is 0 Å². The molecule has 0 heterocycles. The van der Waals surface area contributed by atoms with Gasteiger partial charge in [-0.15, -0.1) is 0 Å². The predicted octanol–water partition coefficient (Wildman–Crippen LogP) is 10.7. The van der Waals surface area contributed by atoms with E-state index in [1.54, 1.807) is 16.7 Å². The summed E-state index contributed by atoms with van der Waals surface area (Å²) in [5, 5.41) is 10.6. The molecule has 0 saturated heterocycles. The SMILES string of the molecule is CC(C)(O)CCSCC1=CC[C@H]2C3=CC=C4C[C@@H](O[Si](C)(C)C(C)(C)C)C[C@H](O[Si](C)(C)C(C)(C)C)[C@]4(C)[C@H]3CC[C@]12C. The van der Waals surface area contributed by atoms with Gasteiger partial charge in [-0.05, 0) is 112 Å². The molecule has 6 atom stereocenters. The van der Waals surface area contributed by atoms with Gasteiger partial charge >= 0.3 is 0 Å². The van der Waals surface area contributed by atoms with Crippen LogP contribution in [-0.2, 0) is 8.85 Å². The van der Waals surface area contributed by atoms with Crippen molar-refractivity contribution >= 4 is 28.4 Å². The van der Waals surface area contributed by atoms with Gasteiger partial charge in [0.1, 0.15) is 0 Å². The molecular weight excluding hydrogens is 581 g/mol. The maximum absolute atomic E-state index is 10.2. The Morgan fingerprint density at radius 2 is 1.51 bits per heavy atom. The van der Waals surface area contributed by atoms with Crippen molar-refractivity contribution in [1.29, 1.82) is 0 Å². The number of fused-ring (bicyclic) bond motifs is 5. The highest BCUT2D eigenvalue weighted by molar-refractivity contribution is 7.99. The Labute approximate surface area is 272 Å². The van der Waals surface area contributed by atoms with E-state index in [0.29, 0.717) is 11.8 Å². The first kappa shape index (κ1) is 35.7. The molecule has 0 bridgehead atoms. The van der Waals surface area contributed by atoms with Crippen LogP contribution < -0.4 is 0 Å². The Kier molecular flexibility index (Phi) is 9.84. The highest BCUT2D eigenvalue weighted by Crippen LogP contribution is 2.65. The lowest BCUT2D eigenvalue weighted by Crippen LogP contribution is -2.58. The fourth-order valence-electron chi connectivity index (χ4n) is 7.79. The van der Waals surface area contributed by atoms with Crippen molar-refractivity contribution in [3.63, 3.8) is 0 Å². The number of rotatable bonds is 9. The summed E-state index contributed by atoms with van der Waals surface area (Å²) in [5.41, 5.74) is 4.63. The van der Waals surface area contributed by atoms with E-state index in [1.165, 1.54) is 19.3 Å². The summed E-state index contributed by atoms with van der Waals surface area (Å²) < 4.78 is 14.7. The van der Waals surface area contributed by atoms with Gasteiger partial charge in [-0.25, -0.2) is 0 Å². The van der Waals surface area contributed by atoms with Crippen LogP contribution in [-0.4, -0.2) is 51.1 Å². The molecule has 0 aromatic rings. The predicted molar refractivity (Wildman–Crippen MR) is 193 cm³/mol. The summed E-state index contributed by atoms with van der Waals surface area (Å²) in [6.07, 6.45) is 14.7. The summed E-state index contributed by atoms with van der Waals surface area (Å²) in [6.45, 7) is 32.9. The first-order chi connectivity index (χ1) is 19.4. The molecule has 2 fully saturated rings. The number of hydrogen-bond acceptors (Lipinski definition) is 4. The number of hydrogen-bond donors (Lipinski definition) is 1. The Hall–Kier alpha value is -0.116. The molecule has 4 aliphatic rings. The maximum atomic E-state index is 10.2. The van der Waals surface area contributed by atoms with E-state index in [2.05, 4.69) is 99.8 Å². The first-order valence-electron chi connectivity index (χ1n) is 17.2. The van der Waals surface area contributed by atoms with Gasteiger partial charge in [0.05, 0.1) is 17.8 Å². The van der Waals surface area contributed by atoms with Crippen LogP contribution in [0.3, 0.4) is 0 Å². The summed E-state index contributed by atoms with van der Waals surface area (Å²) in [7, 11) is -3.91. The zero-order chi connectivity index (χ0) is 32.4. The third kappa shape index (κ3) is 6.95. The van der Waals surface area contributed by atoms with Crippen LogP contribution in [0.1, 0.15) is 108 Å². The summed E-state index contributed by atoms with van der Waals surface area (Å²) >= 11 is 2.01. The molecule has 3 nitrogen and oxygen atoms in total. The first-order valence-corrected chi connectivity index (χ1v) is 24.2. The summed E-state index contributed by atoms with van der Waals surface area (Å²) in [4.78, 5) is 0. The van der Waals surface area contributed by atoms with Crippen molar-refractivity contribution in [3.8, 4) is 0 Å². The van der Waals surface area contributed by atoms with Crippen molar-refractivity contribution in [2.24, 2.45) is 22.7 Å². The molecule has 0 aromatic carbocycles. The second-order valence-corrected chi connectivity index (χ2v) is 29.2. The fourth-order valence-corrected chi connectivity index (χ4v) is 12.0. The number of allylic oxidation sites excluding steroid dienone is 4. The average molecular weight is 647 g/mol. The quantitative estimate of drug-likeness (QED) is 0.154. The Balaban J connectivity index is 1.63. The van der Waals surface area contributed by atoms with Crippen molar-refractivity contribution in [2.45, 2.75) is 162 Å². The zero-order valence-corrected chi connectivity index (χ0v) is 33.2. The van der Waals surface area contributed by atoms with E-state index in [0.717, 1.165) is 30.8 Å². The molecule has 2 saturated carbocycles. The van der Waals surface area contributed by atoms with Gasteiger partial charge < -0.3 is 14.0 Å². The molecule has 43 heavy (non-hydrogen) atoms. The van der Waals surface area contributed by atoms with Crippen LogP contribution in [0.5, 0.6) is 0 Å². The molecule has 0 amide bonds. The van der Waals surface area contributed by atoms with E-state index in [9.17, 15) is 5.11 Å². The number of aliphatic hydroxyl groups is 1. The smallest absolute Gasteiger partial charge is 0.192 e. The lowest BCUT2D eigenvalue weighted by atomic mass is 9.50. The molecule has 1 N–H and O–H groups in total. The van der Waals surface area contributed by atoms with Gasteiger partial charge in [-0.2, -0.15) is 11.8 Å². The van der Waals surface area contributed by atoms with E-state index < -0.39 is 22.2 Å². The molecule has 0 spiro atoms. The van der Waals surface area contributed by atoms with Crippen LogP contribution in [0, 0.1) is 22.7 Å². The van der Waals surface area contributed by atoms with Gasteiger partial charge in [-0.3, -0.25) is 0 Å². The van der Waals surface area contributed by atoms with Crippen LogP contribution in [0.2, 0.25) is 36.3 Å². The second kappa shape index (κ2) is 11.8. The van der Waals surface area contributed by atoms with Crippen molar-refractivity contribution in [3.05, 3.63) is 34.9 Å². The van der Waals surface area contributed by atoms with Gasteiger partial charge in [0.2, 0.25) is 0 Å².